The van der Waals surface area contributed by atoms with Crippen LogP contribution in [0.3, 0.4) is 0 Å². The fourth-order valence-corrected chi connectivity index (χ4v) is 4.99. The minimum atomic E-state index is -0.363. The summed E-state index contributed by atoms with van der Waals surface area (Å²) in [6.07, 6.45) is 7.29. The Morgan fingerprint density at radius 3 is 2.71 bits per heavy atom. The van der Waals surface area contributed by atoms with Gasteiger partial charge < -0.3 is 15.0 Å². The Bertz CT molecular complexity index is 996. The molecule has 0 bridgehead atoms. The van der Waals surface area contributed by atoms with E-state index in [9.17, 15) is 9.59 Å². The monoisotopic (exact) mass is 424 g/mol. The quantitative estimate of drug-likeness (QED) is 0.684. The minimum Gasteiger partial charge on any atom is -0.456 e. The van der Waals surface area contributed by atoms with Crippen LogP contribution in [0, 0.1) is 5.41 Å². The van der Waals surface area contributed by atoms with E-state index in [1.165, 1.54) is 17.1 Å². The Kier molecular flexibility index (Phi) is 4.97. The van der Waals surface area contributed by atoms with E-state index in [1.54, 1.807) is 4.90 Å². The average molecular weight is 424 g/mol. The van der Waals surface area contributed by atoms with E-state index in [-0.39, 0.29) is 29.9 Å². The number of esters is 1. The van der Waals surface area contributed by atoms with E-state index in [1.807, 2.05) is 12.1 Å². The predicted molar refractivity (Wildman–Crippen MR) is 106 cm³/mol. The van der Waals surface area contributed by atoms with Crippen molar-refractivity contribution in [3.8, 4) is 5.82 Å². The van der Waals surface area contributed by atoms with Gasteiger partial charge in [0.25, 0.3) is 0 Å². The van der Waals surface area contributed by atoms with Crippen molar-refractivity contribution >= 4 is 11.9 Å². The van der Waals surface area contributed by atoms with Crippen molar-refractivity contribution in [2.24, 2.45) is 5.41 Å². The highest BCUT2D eigenvalue weighted by Crippen LogP contribution is 2.48. The number of rotatable bonds is 5. The number of carbonyl (C=O) groups excluding carboxylic acids is 2. The highest BCUT2D eigenvalue weighted by Gasteiger charge is 2.52. The van der Waals surface area contributed by atoms with Crippen LogP contribution < -0.4 is 5.32 Å². The van der Waals surface area contributed by atoms with Crippen LogP contribution in [0.2, 0.25) is 0 Å². The van der Waals surface area contributed by atoms with Gasteiger partial charge >= 0.3 is 5.97 Å². The van der Waals surface area contributed by atoms with Crippen molar-refractivity contribution in [3.05, 3.63) is 35.9 Å². The first-order chi connectivity index (χ1) is 15.0. The number of tetrazole rings is 1. The Hall–Kier alpha value is -3.21. The van der Waals surface area contributed by atoms with Crippen LogP contribution in [-0.2, 0) is 20.9 Å². The molecule has 1 N–H and O–H groups in total. The van der Waals surface area contributed by atoms with Crippen molar-refractivity contribution in [2.75, 3.05) is 6.61 Å². The van der Waals surface area contributed by atoms with Gasteiger partial charge in [0.15, 0.2) is 5.82 Å². The zero-order valence-corrected chi connectivity index (χ0v) is 17.3. The van der Waals surface area contributed by atoms with Crippen LogP contribution in [0.25, 0.3) is 5.82 Å². The van der Waals surface area contributed by atoms with Crippen LogP contribution in [0.15, 0.2) is 30.2 Å². The maximum Gasteiger partial charge on any atom is 0.333 e. The molecule has 2 aromatic rings. The van der Waals surface area contributed by atoms with Gasteiger partial charge in [-0.3, -0.25) is 4.79 Å². The molecule has 1 saturated carbocycles. The van der Waals surface area contributed by atoms with Crippen molar-refractivity contribution in [1.82, 2.24) is 40.6 Å². The van der Waals surface area contributed by atoms with E-state index in [4.69, 9.17) is 4.74 Å². The van der Waals surface area contributed by atoms with Crippen LogP contribution in [-0.4, -0.2) is 65.9 Å². The molecule has 2 aliphatic heterocycles. The molecule has 162 valence electrons. The van der Waals surface area contributed by atoms with Gasteiger partial charge in [0.2, 0.25) is 5.91 Å². The molecule has 2 fully saturated rings. The van der Waals surface area contributed by atoms with Crippen LogP contribution >= 0.6 is 0 Å². The normalized spacial score (nSPS) is 28.3. The SMILES string of the molecule is C[C@H]1CC2(CCC(NCc3ccc(-n4cnnn4)nn3)CC2)C(=O)N1C1=CC(=O)OC1. The number of carbonyl (C=O) groups is 2. The van der Waals surface area contributed by atoms with Crippen molar-refractivity contribution < 1.29 is 14.3 Å². The summed E-state index contributed by atoms with van der Waals surface area (Å²) in [4.78, 5) is 26.5. The minimum absolute atomic E-state index is 0.0896. The standard InChI is InChI=1S/C20H24N8O3/c1-13-9-20(19(30)28(13)16-8-18(29)31-11-16)6-4-14(5-7-20)21-10-15-2-3-17(24-23-15)27-12-22-25-26-27/h2-3,8,12-14,21H,4-7,9-11H2,1H3/t13-,14?,20?/m0/s1. The summed E-state index contributed by atoms with van der Waals surface area (Å²) in [5, 5.41) is 22.9. The summed E-state index contributed by atoms with van der Waals surface area (Å²) in [7, 11) is 0. The summed E-state index contributed by atoms with van der Waals surface area (Å²) in [5.74, 6) is 0.348. The summed E-state index contributed by atoms with van der Waals surface area (Å²) in [5.41, 5.74) is 1.21. The van der Waals surface area contributed by atoms with Gasteiger partial charge in [-0.2, -0.15) is 9.78 Å². The fourth-order valence-electron chi connectivity index (χ4n) is 4.99. The van der Waals surface area contributed by atoms with Crippen molar-refractivity contribution in [3.63, 3.8) is 0 Å². The lowest BCUT2D eigenvalue weighted by molar-refractivity contribution is -0.138. The van der Waals surface area contributed by atoms with Gasteiger partial charge in [-0.15, -0.1) is 10.2 Å². The number of nitrogens with zero attached hydrogens (tertiary/aromatic N) is 7. The number of ether oxygens (including phenoxy) is 1. The first kappa shape index (κ1) is 19.7. The van der Waals surface area contributed by atoms with E-state index in [0.717, 1.165) is 37.8 Å². The Labute approximate surface area is 178 Å². The number of nitrogens with one attached hydrogen (secondary N) is 1. The van der Waals surface area contributed by atoms with Crippen LogP contribution in [0.1, 0.15) is 44.7 Å². The number of aromatic nitrogens is 6. The number of cyclic esters (lactones) is 1. The molecule has 1 amide bonds. The second-order valence-electron chi connectivity index (χ2n) is 8.54. The van der Waals surface area contributed by atoms with Gasteiger partial charge in [0.1, 0.15) is 12.9 Å². The van der Waals surface area contributed by atoms with Gasteiger partial charge in [-0.1, -0.05) is 0 Å². The van der Waals surface area contributed by atoms with E-state index < -0.39 is 0 Å². The molecule has 5 rings (SSSR count). The largest absolute Gasteiger partial charge is 0.456 e. The molecule has 1 spiro atoms. The summed E-state index contributed by atoms with van der Waals surface area (Å²) in [6.45, 7) is 2.87. The zero-order chi connectivity index (χ0) is 21.4. The second kappa shape index (κ2) is 7.80. The van der Waals surface area contributed by atoms with Crippen molar-refractivity contribution in [1.29, 1.82) is 0 Å². The highest BCUT2D eigenvalue weighted by molar-refractivity contribution is 5.91. The molecule has 2 aromatic heterocycles. The van der Waals surface area contributed by atoms with E-state index in [0.29, 0.717) is 24.1 Å². The Morgan fingerprint density at radius 1 is 1.23 bits per heavy atom. The van der Waals surface area contributed by atoms with Crippen molar-refractivity contribution in [2.45, 2.75) is 57.7 Å². The molecule has 31 heavy (non-hydrogen) atoms. The smallest absolute Gasteiger partial charge is 0.333 e. The molecule has 1 aliphatic carbocycles. The predicted octanol–water partition coefficient (Wildman–Crippen LogP) is 0.532. The lowest BCUT2D eigenvalue weighted by Crippen LogP contribution is -2.42. The van der Waals surface area contributed by atoms with Gasteiger partial charge in [-0.05, 0) is 61.6 Å². The molecule has 3 aliphatic rings. The molecule has 0 unspecified atom stereocenters. The third-order valence-electron chi connectivity index (χ3n) is 6.56. The molecule has 0 aromatic carbocycles. The third kappa shape index (κ3) is 3.69. The lowest BCUT2D eigenvalue weighted by Gasteiger charge is -2.36. The summed E-state index contributed by atoms with van der Waals surface area (Å²) < 4.78 is 6.47. The number of likely N-dealkylation sites (tertiary alicyclic amines) is 1. The molecule has 1 atom stereocenters. The second-order valence-corrected chi connectivity index (χ2v) is 8.54. The Morgan fingerprint density at radius 2 is 2.06 bits per heavy atom. The molecular weight excluding hydrogens is 400 g/mol. The number of hydrogen-bond acceptors (Lipinski definition) is 9. The fraction of sp³-hybridized carbons (Fsp3) is 0.550. The first-order valence-corrected chi connectivity index (χ1v) is 10.5. The maximum absolute atomic E-state index is 13.3. The number of amides is 1. The molecule has 4 heterocycles. The number of hydrogen-bond donors (Lipinski definition) is 1. The third-order valence-corrected chi connectivity index (χ3v) is 6.56. The average Bonchev–Trinajstić information content (AvgIpc) is 3.50. The summed E-state index contributed by atoms with van der Waals surface area (Å²) in [6, 6.07) is 4.15. The topological polar surface area (TPSA) is 128 Å². The van der Waals surface area contributed by atoms with Gasteiger partial charge in [0.05, 0.1) is 16.8 Å². The molecule has 11 nitrogen and oxygen atoms in total. The molecule has 0 radical (unpaired) electrons. The van der Waals surface area contributed by atoms with Crippen LogP contribution in [0.4, 0.5) is 0 Å². The summed E-state index contributed by atoms with van der Waals surface area (Å²) >= 11 is 0. The van der Waals surface area contributed by atoms with E-state index >= 15 is 0 Å². The molecule has 1 saturated heterocycles. The Balaban J connectivity index is 1.16. The molecular formula is C20H24N8O3. The first-order valence-electron chi connectivity index (χ1n) is 10.5. The van der Waals surface area contributed by atoms with Gasteiger partial charge in [-0.25, -0.2) is 4.79 Å². The van der Waals surface area contributed by atoms with Gasteiger partial charge in [0, 0.05) is 24.7 Å². The van der Waals surface area contributed by atoms with Crippen LogP contribution in [0.5, 0.6) is 0 Å². The highest BCUT2D eigenvalue weighted by atomic mass is 16.5. The zero-order valence-electron chi connectivity index (χ0n) is 17.3. The lowest BCUT2D eigenvalue weighted by atomic mass is 9.70. The maximum atomic E-state index is 13.3. The molecule has 11 heteroatoms. The van der Waals surface area contributed by atoms with E-state index in [2.05, 4.69) is 38.0 Å².